The normalized spacial score (nSPS) is 12.4. The Bertz CT molecular complexity index is 478. The first-order valence-corrected chi connectivity index (χ1v) is 5.18. The molecule has 0 fully saturated rings. The average molecular weight is 230 g/mol. The smallest absolute Gasteiger partial charge is 0.151 e. The van der Waals surface area contributed by atoms with E-state index in [0.717, 1.165) is 11.1 Å². The lowest BCUT2D eigenvalue weighted by Gasteiger charge is -2.18. The molecule has 2 heterocycles. The summed E-state index contributed by atoms with van der Waals surface area (Å²) in [6, 6.07) is 3.26. The Labute approximate surface area is 99.1 Å². The summed E-state index contributed by atoms with van der Waals surface area (Å²) in [5, 5.41) is 0. The lowest BCUT2D eigenvalue weighted by Crippen LogP contribution is -2.31. The van der Waals surface area contributed by atoms with Crippen LogP contribution < -0.4 is 17.0 Å². The van der Waals surface area contributed by atoms with Crippen LogP contribution in [-0.4, -0.2) is 15.0 Å². The van der Waals surface area contributed by atoms with Crippen LogP contribution in [0, 0.1) is 6.92 Å². The third-order valence-electron chi connectivity index (χ3n) is 2.54. The maximum Gasteiger partial charge on any atom is 0.151 e. The van der Waals surface area contributed by atoms with Crippen molar-refractivity contribution in [2.45, 2.75) is 13.0 Å². The molecule has 0 aromatic carbocycles. The van der Waals surface area contributed by atoms with E-state index in [4.69, 9.17) is 11.6 Å². The molecule has 0 saturated heterocycles. The van der Waals surface area contributed by atoms with Crippen molar-refractivity contribution in [1.29, 1.82) is 0 Å². The van der Waals surface area contributed by atoms with Gasteiger partial charge in [-0.2, -0.15) is 0 Å². The summed E-state index contributed by atoms with van der Waals surface area (Å²) in [4.78, 5) is 12.4. The van der Waals surface area contributed by atoms with Crippen molar-refractivity contribution in [2.75, 3.05) is 5.73 Å². The Morgan fingerprint density at radius 3 is 2.47 bits per heavy atom. The SMILES string of the molecule is Cc1ccnc(N)c1C(NN)c1ncccn1. The van der Waals surface area contributed by atoms with Crippen molar-refractivity contribution < 1.29 is 0 Å². The molecular weight excluding hydrogens is 216 g/mol. The van der Waals surface area contributed by atoms with Gasteiger partial charge in [0.25, 0.3) is 0 Å². The number of rotatable bonds is 3. The molecule has 0 aliphatic heterocycles. The number of aryl methyl sites for hydroxylation is 1. The fourth-order valence-electron chi connectivity index (χ4n) is 1.71. The van der Waals surface area contributed by atoms with Crippen molar-refractivity contribution >= 4 is 5.82 Å². The van der Waals surface area contributed by atoms with Crippen LogP contribution in [0.2, 0.25) is 0 Å². The second kappa shape index (κ2) is 4.86. The minimum Gasteiger partial charge on any atom is -0.383 e. The molecule has 6 heteroatoms. The zero-order chi connectivity index (χ0) is 12.3. The summed E-state index contributed by atoms with van der Waals surface area (Å²) < 4.78 is 0. The fourth-order valence-corrected chi connectivity index (χ4v) is 1.71. The van der Waals surface area contributed by atoms with Gasteiger partial charge in [0.15, 0.2) is 5.82 Å². The molecule has 0 spiro atoms. The highest BCUT2D eigenvalue weighted by atomic mass is 15.2. The van der Waals surface area contributed by atoms with Gasteiger partial charge in [-0.05, 0) is 24.6 Å². The summed E-state index contributed by atoms with van der Waals surface area (Å²) in [6.45, 7) is 1.95. The molecule has 88 valence electrons. The first-order valence-electron chi connectivity index (χ1n) is 5.18. The van der Waals surface area contributed by atoms with E-state index < -0.39 is 0 Å². The molecule has 0 bridgehead atoms. The van der Waals surface area contributed by atoms with Crippen LogP contribution >= 0.6 is 0 Å². The second-order valence-corrected chi connectivity index (χ2v) is 3.63. The number of aromatic nitrogens is 3. The minimum absolute atomic E-state index is 0.357. The Hall–Kier alpha value is -2.05. The first kappa shape index (κ1) is 11.4. The van der Waals surface area contributed by atoms with E-state index >= 15 is 0 Å². The molecule has 17 heavy (non-hydrogen) atoms. The van der Waals surface area contributed by atoms with Gasteiger partial charge in [0.05, 0.1) is 0 Å². The highest BCUT2D eigenvalue weighted by Crippen LogP contribution is 2.25. The lowest BCUT2D eigenvalue weighted by atomic mass is 10.0. The van der Waals surface area contributed by atoms with Gasteiger partial charge < -0.3 is 5.73 Å². The summed E-state index contributed by atoms with van der Waals surface area (Å²) in [5.74, 6) is 6.56. The second-order valence-electron chi connectivity index (χ2n) is 3.63. The Morgan fingerprint density at radius 2 is 1.88 bits per heavy atom. The first-order chi connectivity index (χ1) is 8.24. The van der Waals surface area contributed by atoms with E-state index in [1.54, 1.807) is 24.7 Å². The molecule has 0 amide bonds. The maximum atomic E-state index is 5.87. The topological polar surface area (TPSA) is 103 Å². The van der Waals surface area contributed by atoms with E-state index in [0.29, 0.717) is 11.6 Å². The minimum atomic E-state index is -0.357. The molecule has 1 atom stereocenters. The van der Waals surface area contributed by atoms with Crippen molar-refractivity contribution in [1.82, 2.24) is 20.4 Å². The molecule has 2 rings (SSSR count). The summed E-state index contributed by atoms with van der Waals surface area (Å²) in [5.41, 5.74) is 10.3. The number of pyridine rings is 1. The van der Waals surface area contributed by atoms with E-state index in [2.05, 4.69) is 20.4 Å². The summed E-state index contributed by atoms with van der Waals surface area (Å²) in [7, 11) is 0. The Morgan fingerprint density at radius 1 is 1.18 bits per heavy atom. The van der Waals surface area contributed by atoms with E-state index in [9.17, 15) is 0 Å². The Balaban J connectivity index is 2.50. The Kier molecular flexibility index (Phi) is 3.27. The molecule has 5 N–H and O–H groups in total. The predicted molar refractivity (Wildman–Crippen MR) is 64.6 cm³/mol. The van der Waals surface area contributed by atoms with Crippen LogP contribution in [0.1, 0.15) is 23.0 Å². The molecule has 1 unspecified atom stereocenters. The number of nitrogens with zero attached hydrogens (tertiary/aromatic N) is 3. The lowest BCUT2D eigenvalue weighted by molar-refractivity contribution is 0.598. The standard InChI is InChI=1S/C11H14N6/c1-7-3-6-14-10(12)8(7)9(17-13)11-15-4-2-5-16-11/h2-6,9,17H,13H2,1H3,(H2,12,14). The number of hydrogen-bond acceptors (Lipinski definition) is 6. The number of hydrogen-bond donors (Lipinski definition) is 3. The largest absolute Gasteiger partial charge is 0.383 e. The molecule has 0 aliphatic rings. The van der Waals surface area contributed by atoms with Crippen LogP contribution in [0.3, 0.4) is 0 Å². The quantitative estimate of drug-likeness (QED) is 0.518. The number of hydrazine groups is 1. The van der Waals surface area contributed by atoms with Crippen molar-refractivity contribution in [2.24, 2.45) is 5.84 Å². The van der Waals surface area contributed by atoms with E-state index in [1.807, 2.05) is 13.0 Å². The predicted octanol–water partition coefficient (Wildman–Crippen LogP) is 0.315. The summed E-state index contributed by atoms with van der Waals surface area (Å²) in [6.07, 6.45) is 4.98. The van der Waals surface area contributed by atoms with Crippen LogP contribution in [0.4, 0.5) is 5.82 Å². The van der Waals surface area contributed by atoms with Gasteiger partial charge in [0.2, 0.25) is 0 Å². The van der Waals surface area contributed by atoms with Gasteiger partial charge in [0.1, 0.15) is 11.9 Å². The van der Waals surface area contributed by atoms with Gasteiger partial charge in [-0.1, -0.05) is 0 Å². The number of nitrogen functional groups attached to an aromatic ring is 1. The average Bonchev–Trinajstić information content (AvgIpc) is 2.35. The van der Waals surface area contributed by atoms with Crippen molar-refractivity contribution in [3.8, 4) is 0 Å². The molecule has 0 saturated carbocycles. The molecule has 0 aliphatic carbocycles. The van der Waals surface area contributed by atoms with Crippen molar-refractivity contribution in [3.63, 3.8) is 0 Å². The molecular formula is C11H14N6. The van der Waals surface area contributed by atoms with Crippen molar-refractivity contribution in [3.05, 3.63) is 47.7 Å². The number of anilines is 1. The van der Waals surface area contributed by atoms with Crippen LogP contribution in [0.25, 0.3) is 0 Å². The third kappa shape index (κ3) is 2.22. The monoisotopic (exact) mass is 230 g/mol. The molecule has 6 nitrogen and oxygen atoms in total. The number of nitrogens with two attached hydrogens (primary N) is 2. The summed E-state index contributed by atoms with van der Waals surface area (Å²) >= 11 is 0. The van der Waals surface area contributed by atoms with Crippen LogP contribution in [0.15, 0.2) is 30.7 Å². The third-order valence-corrected chi connectivity index (χ3v) is 2.54. The van der Waals surface area contributed by atoms with E-state index in [1.165, 1.54) is 0 Å². The van der Waals surface area contributed by atoms with Gasteiger partial charge in [-0.15, -0.1) is 0 Å². The zero-order valence-electron chi connectivity index (χ0n) is 9.46. The van der Waals surface area contributed by atoms with Gasteiger partial charge >= 0.3 is 0 Å². The highest BCUT2D eigenvalue weighted by Gasteiger charge is 2.20. The fraction of sp³-hybridized carbons (Fsp3) is 0.182. The van der Waals surface area contributed by atoms with Crippen LogP contribution in [-0.2, 0) is 0 Å². The van der Waals surface area contributed by atoms with E-state index in [-0.39, 0.29) is 6.04 Å². The van der Waals surface area contributed by atoms with Gasteiger partial charge in [0, 0.05) is 24.2 Å². The zero-order valence-corrected chi connectivity index (χ0v) is 9.46. The van der Waals surface area contributed by atoms with Gasteiger partial charge in [-0.3, -0.25) is 5.84 Å². The molecule has 2 aromatic rings. The van der Waals surface area contributed by atoms with Crippen LogP contribution in [0.5, 0.6) is 0 Å². The highest BCUT2D eigenvalue weighted by molar-refractivity contribution is 5.48. The molecule has 2 aromatic heterocycles. The molecule has 0 radical (unpaired) electrons. The van der Waals surface area contributed by atoms with Gasteiger partial charge in [-0.25, -0.2) is 20.4 Å². The number of nitrogens with one attached hydrogen (secondary N) is 1. The maximum absolute atomic E-state index is 5.87.